The average Bonchev–Trinajstić information content (AvgIpc) is 3.45. The van der Waals surface area contributed by atoms with Crippen molar-refractivity contribution in [3.63, 3.8) is 0 Å². The molecule has 16 heteroatoms. The van der Waals surface area contributed by atoms with Crippen molar-refractivity contribution in [2.75, 3.05) is 28.6 Å². The fraction of sp³-hybridized carbons (Fsp3) is 0.464. The molecule has 1 fully saturated rings. The summed E-state index contributed by atoms with van der Waals surface area (Å²) in [4.78, 5) is 43.9. The quantitative estimate of drug-likeness (QED) is 0.279. The van der Waals surface area contributed by atoms with Gasteiger partial charge in [-0.15, -0.1) is 0 Å². The third kappa shape index (κ3) is 8.03. The van der Waals surface area contributed by atoms with E-state index in [1.165, 1.54) is 24.4 Å². The maximum Gasteiger partial charge on any atom is 0.471 e. The molecule has 0 saturated carbocycles. The van der Waals surface area contributed by atoms with E-state index >= 15 is 0 Å². The number of carbonyl (C=O) groups excluding carboxylic acids is 3. The summed E-state index contributed by atoms with van der Waals surface area (Å²) in [7, 11) is 0. The van der Waals surface area contributed by atoms with Crippen molar-refractivity contribution in [3.8, 4) is 10.6 Å². The highest BCUT2D eigenvalue weighted by Gasteiger charge is 2.40. The van der Waals surface area contributed by atoms with Crippen LogP contribution in [-0.4, -0.2) is 63.6 Å². The number of aromatic nitrogens is 3. The van der Waals surface area contributed by atoms with Crippen molar-refractivity contribution in [1.82, 2.24) is 20.1 Å². The van der Waals surface area contributed by atoms with Gasteiger partial charge in [-0.1, -0.05) is 23.5 Å². The summed E-state index contributed by atoms with van der Waals surface area (Å²) in [5.41, 5.74) is -0.560. The van der Waals surface area contributed by atoms with Crippen LogP contribution in [0.5, 0.6) is 0 Å². The van der Waals surface area contributed by atoms with Crippen LogP contribution in [0.1, 0.15) is 57.4 Å². The summed E-state index contributed by atoms with van der Waals surface area (Å²) in [5, 5.41) is 11.9. The number of anilines is 3. The highest BCUT2D eigenvalue weighted by atomic mass is 32.1. The van der Waals surface area contributed by atoms with Crippen molar-refractivity contribution in [2.24, 2.45) is 0 Å². The molecule has 3 amide bonds. The van der Waals surface area contributed by atoms with Crippen LogP contribution in [0.2, 0.25) is 0 Å². The number of nitrogens with zero attached hydrogens (tertiary/aromatic N) is 4. The van der Waals surface area contributed by atoms with E-state index in [1.807, 2.05) is 11.8 Å². The molecule has 1 unspecified atom stereocenters. The second-order valence-corrected chi connectivity index (χ2v) is 12.0. The second kappa shape index (κ2) is 13.2. The van der Waals surface area contributed by atoms with Crippen LogP contribution in [-0.2, 0) is 16.1 Å². The summed E-state index contributed by atoms with van der Waals surface area (Å²) in [6.45, 7) is 8.04. The molecule has 4 rings (SSSR count). The van der Waals surface area contributed by atoms with Gasteiger partial charge < -0.3 is 20.3 Å². The number of hydrogen-bond acceptors (Lipinski definition) is 8. The van der Waals surface area contributed by atoms with E-state index in [0.717, 1.165) is 11.3 Å². The Morgan fingerprint density at radius 1 is 1.09 bits per heavy atom. The van der Waals surface area contributed by atoms with Gasteiger partial charge >= 0.3 is 18.2 Å². The highest BCUT2D eigenvalue weighted by molar-refractivity contribution is 7.19. The maximum atomic E-state index is 14.6. The first kappa shape index (κ1) is 32.7. The van der Waals surface area contributed by atoms with Gasteiger partial charge in [0.2, 0.25) is 0 Å². The van der Waals surface area contributed by atoms with Crippen molar-refractivity contribution < 1.29 is 36.7 Å². The van der Waals surface area contributed by atoms with Crippen LogP contribution in [0, 0.1) is 5.82 Å². The van der Waals surface area contributed by atoms with E-state index < -0.39 is 41.5 Å². The van der Waals surface area contributed by atoms with Crippen LogP contribution in [0.25, 0.3) is 10.6 Å². The zero-order valence-corrected chi connectivity index (χ0v) is 25.4. The lowest BCUT2D eigenvalue weighted by Crippen LogP contribution is -2.43. The third-order valence-corrected chi connectivity index (χ3v) is 7.54. The van der Waals surface area contributed by atoms with E-state index in [9.17, 15) is 31.9 Å². The number of ether oxygens (including phenoxy) is 1. The molecule has 2 aromatic heterocycles. The Morgan fingerprint density at radius 2 is 1.82 bits per heavy atom. The maximum absolute atomic E-state index is 14.6. The largest absolute Gasteiger partial charge is 0.471 e. The molecule has 1 aliphatic heterocycles. The summed E-state index contributed by atoms with van der Waals surface area (Å²) >= 11 is 0.902. The fourth-order valence-corrected chi connectivity index (χ4v) is 5.61. The van der Waals surface area contributed by atoms with Gasteiger partial charge in [-0.25, -0.2) is 18.9 Å². The van der Waals surface area contributed by atoms with Crippen LogP contribution in [0.3, 0.4) is 0 Å². The number of thiazole rings is 1. The molecule has 1 aromatic carbocycles. The Morgan fingerprint density at radius 3 is 2.48 bits per heavy atom. The number of carbonyl (C=O) groups is 3. The first-order valence-corrected chi connectivity index (χ1v) is 14.7. The number of amides is 3. The van der Waals surface area contributed by atoms with Crippen LogP contribution in [0.4, 0.5) is 38.9 Å². The molecule has 3 aromatic rings. The second-order valence-electron chi connectivity index (χ2n) is 11.0. The lowest BCUT2D eigenvalue weighted by atomic mass is 10.1. The van der Waals surface area contributed by atoms with Crippen LogP contribution < -0.4 is 20.9 Å². The van der Waals surface area contributed by atoms with E-state index in [2.05, 4.69) is 26.0 Å². The minimum absolute atomic E-state index is 0.0393. The Bertz CT molecular complexity index is 1520. The predicted octanol–water partition coefficient (Wildman–Crippen LogP) is 5.80. The number of alkyl halides is 3. The van der Waals surface area contributed by atoms with Gasteiger partial charge in [0.05, 0.1) is 6.20 Å². The van der Waals surface area contributed by atoms with Gasteiger partial charge in [0.15, 0.2) is 11.5 Å². The molecule has 1 atom stereocenters. The van der Waals surface area contributed by atoms with Gasteiger partial charge in [-0.2, -0.15) is 18.3 Å². The minimum Gasteiger partial charge on any atom is -0.444 e. The molecule has 3 heterocycles. The smallest absolute Gasteiger partial charge is 0.444 e. The number of hydrogen-bond donors (Lipinski definition) is 3. The van der Waals surface area contributed by atoms with Gasteiger partial charge in [-0.3, -0.25) is 14.9 Å². The van der Waals surface area contributed by atoms with E-state index in [4.69, 9.17) is 4.74 Å². The monoisotopic (exact) mass is 639 g/mol. The highest BCUT2D eigenvalue weighted by Crippen LogP contribution is 2.35. The third-order valence-electron chi connectivity index (χ3n) is 6.54. The number of benzene rings is 1. The van der Waals surface area contributed by atoms with E-state index in [0.29, 0.717) is 37.4 Å². The summed E-state index contributed by atoms with van der Waals surface area (Å²) in [6, 6.07) is 5.22. The number of rotatable bonds is 7. The molecule has 0 spiro atoms. The summed E-state index contributed by atoms with van der Waals surface area (Å²) < 4.78 is 59.9. The fourth-order valence-electron chi connectivity index (χ4n) is 4.64. The molecular weight excluding hydrogens is 606 g/mol. The van der Waals surface area contributed by atoms with E-state index in [1.54, 1.807) is 31.5 Å². The van der Waals surface area contributed by atoms with Gasteiger partial charge in [0.25, 0.3) is 5.91 Å². The molecule has 11 nitrogen and oxygen atoms in total. The van der Waals surface area contributed by atoms with Crippen LogP contribution >= 0.6 is 11.3 Å². The number of aryl methyl sites for hydroxylation is 1. The molecule has 0 radical (unpaired) electrons. The van der Waals surface area contributed by atoms with Crippen LogP contribution in [0.15, 0.2) is 30.5 Å². The number of nitrogens with one attached hydrogen (secondary N) is 3. The van der Waals surface area contributed by atoms with Crippen molar-refractivity contribution in [3.05, 3.63) is 42.0 Å². The van der Waals surface area contributed by atoms with Crippen molar-refractivity contribution in [2.45, 2.75) is 71.3 Å². The zero-order valence-electron chi connectivity index (χ0n) is 24.5. The van der Waals surface area contributed by atoms with E-state index in [-0.39, 0.29) is 34.2 Å². The molecule has 3 N–H and O–H groups in total. The molecule has 1 aliphatic rings. The average molecular weight is 640 g/mol. The van der Waals surface area contributed by atoms with Crippen molar-refractivity contribution >= 4 is 45.8 Å². The SMILES string of the molecule is CCn1ncc(NC(=O)c2nc(-c3ccccc3F)sc2NC(=O)OC(C)(C)C)c1N1CCCC(NC(=O)C(F)(F)F)CC1. The Hall–Kier alpha value is -4.21. The lowest BCUT2D eigenvalue weighted by molar-refractivity contribution is -0.174. The van der Waals surface area contributed by atoms with Gasteiger partial charge in [-0.05, 0) is 59.1 Å². The standard InChI is InChI=1S/C28H33F4N7O4S/c1-5-39-24(38-13-8-9-16(12-14-38)34-25(41)28(30,31)32)19(15-33-39)35-21(40)20-23(37-26(42)43-27(2,3)4)44-22(36-20)17-10-6-7-11-18(17)29/h6-7,10-11,15-16H,5,8-9,12-14H2,1-4H3,(H,34,41)(H,35,40)(H,37,42). The lowest BCUT2D eigenvalue weighted by Gasteiger charge is -2.25. The Labute approximate surface area is 255 Å². The summed E-state index contributed by atoms with van der Waals surface area (Å²) in [6.07, 6.45) is -3.29. The van der Waals surface area contributed by atoms with Gasteiger partial charge in [0.1, 0.15) is 27.1 Å². The molecule has 44 heavy (non-hydrogen) atoms. The molecule has 0 aliphatic carbocycles. The zero-order chi connectivity index (χ0) is 32.2. The number of halogens is 4. The molecule has 238 valence electrons. The Kier molecular flexibility index (Phi) is 9.81. The first-order chi connectivity index (χ1) is 20.7. The minimum atomic E-state index is -4.97. The van der Waals surface area contributed by atoms with Gasteiger partial charge in [0, 0.05) is 31.2 Å². The molecular formula is C28H33F4N7O4S. The normalized spacial score (nSPS) is 15.8. The predicted molar refractivity (Wildman–Crippen MR) is 157 cm³/mol. The first-order valence-electron chi connectivity index (χ1n) is 13.9. The molecule has 1 saturated heterocycles. The topological polar surface area (TPSA) is 130 Å². The Balaban J connectivity index is 1.60. The van der Waals surface area contributed by atoms with Crippen molar-refractivity contribution in [1.29, 1.82) is 0 Å². The molecule has 0 bridgehead atoms. The summed E-state index contributed by atoms with van der Waals surface area (Å²) in [5.74, 6) is -2.72.